The predicted molar refractivity (Wildman–Crippen MR) is 87.2 cm³/mol. The highest BCUT2D eigenvalue weighted by Crippen LogP contribution is 2.33. The molecule has 1 aromatic carbocycles. The zero-order valence-electron chi connectivity index (χ0n) is 14.2. The zero-order valence-corrected chi connectivity index (χ0v) is 14.2. The van der Waals surface area contributed by atoms with Crippen LogP contribution in [-0.4, -0.2) is 48.6 Å². The zero-order chi connectivity index (χ0) is 17.6. The number of hydroxylamine groups is 2. The smallest absolute Gasteiger partial charge is 0.338 e. The maximum absolute atomic E-state index is 12.4. The van der Waals surface area contributed by atoms with Gasteiger partial charge in [0.2, 0.25) is 0 Å². The van der Waals surface area contributed by atoms with Gasteiger partial charge in [-0.05, 0) is 18.6 Å². The second-order valence-electron chi connectivity index (χ2n) is 6.17. The van der Waals surface area contributed by atoms with Crippen molar-refractivity contribution in [1.29, 1.82) is 0 Å². The standard InChI is InChI=1S/C18H23NO6/c1-2-3-9-22-17-11-16(15-10-14(12-20)24-19(15)25-17)23-18(21)13-7-5-4-6-8-13/h4-8,12,14-17H,2-3,9-11H2,1H3/t14-,15-,16+,17+/m1/s1. The highest BCUT2D eigenvalue weighted by atomic mass is 17.0. The van der Waals surface area contributed by atoms with Gasteiger partial charge in [0.25, 0.3) is 0 Å². The molecule has 0 N–H and O–H groups in total. The lowest BCUT2D eigenvalue weighted by atomic mass is 10.0. The number of hydrogen-bond acceptors (Lipinski definition) is 7. The summed E-state index contributed by atoms with van der Waals surface area (Å²) in [5.74, 6) is -0.408. The molecule has 2 heterocycles. The molecule has 0 spiro atoms. The van der Waals surface area contributed by atoms with Crippen LogP contribution in [0.1, 0.15) is 43.0 Å². The van der Waals surface area contributed by atoms with Gasteiger partial charge in [0.15, 0.2) is 12.6 Å². The first-order valence-electron chi connectivity index (χ1n) is 8.67. The molecule has 3 rings (SSSR count). The van der Waals surface area contributed by atoms with Gasteiger partial charge >= 0.3 is 5.97 Å². The Morgan fingerprint density at radius 1 is 1.28 bits per heavy atom. The third-order valence-corrected chi connectivity index (χ3v) is 4.28. The lowest BCUT2D eigenvalue weighted by Gasteiger charge is -2.37. The molecule has 0 saturated carbocycles. The van der Waals surface area contributed by atoms with Crippen LogP contribution < -0.4 is 0 Å². The summed E-state index contributed by atoms with van der Waals surface area (Å²) in [6.45, 7) is 2.62. The molecule has 2 aliphatic heterocycles. The predicted octanol–water partition coefficient (Wildman–Crippen LogP) is 2.26. The van der Waals surface area contributed by atoms with Crippen LogP contribution in [-0.2, 0) is 23.9 Å². The Kier molecular flexibility index (Phi) is 6.14. The number of nitrogens with zero attached hydrogens (tertiary/aromatic N) is 1. The highest BCUT2D eigenvalue weighted by molar-refractivity contribution is 5.89. The van der Waals surface area contributed by atoms with Crippen LogP contribution >= 0.6 is 0 Å². The van der Waals surface area contributed by atoms with Crippen LogP contribution in [0.25, 0.3) is 0 Å². The molecule has 2 saturated heterocycles. The molecule has 136 valence electrons. The Balaban J connectivity index is 1.67. The summed E-state index contributed by atoms with van der Waals surface area (Å²) in [6, 6.07) is 8.48. The normalized spacial score (nSPS) is 29.2. The van der Waals surface area contributed by atoms with E-state index in [2.05, 4.69) is 6.92 Å². The summed E-state index contributed by atoms with van der Waals surface area (Å²) in [4.78, 5) is 34.5. The lowest BCUT2D eigenvalue weighted by Crippen LogP contribution is -2.50. The molecule has 25 heavy (non-hydrogen) atoms. The van der Waals surface area contributed by atoms with E-state index in [1.807, 2.05) is 6.07 Å². The molecule has 0 bridgehead atoms. The average molecular weight is 349 g/mol. The Morgan fingerprint density at radius 2 is 2.08 bits per heavy atom. The van der Waals surface area contributed by atoms with Crippen molar-refractivity contribution in [3.8, 4) is 0 Å². The molecule has 0 aliphatic carbocycles. The molecule has 2 fully saturated rings. The molecule has 0 unspecified atom stereocenters. The number of ether oxygens (including phenoxy) is 2. The third-order valence-electron chi connectivity index (χ3n) is 4.28. The number of carbonyl (C=O) groups is 2. The van der Waals surface area contributed by atoms with Gasteiger partial charge in [-0.1, -0.05) is 36.8 Å². The molecule has 2 aliphatic rings. The quantitative estimate of drug-likeness (QED) is 0.425. The summed E-state index contributed by atoms with van der Waals surface area (Å²) >= 11 is 0. The van der Waals surface area contributed by atoms with Gasteiger partial charge in [-0.15, -0.1) is 0 Å². The fourth-order valence-electron chi connectivity index (χ4n) is 2.92. The summed E-state index contributed by atoms with van der Waals surface area (Å²) in [5.41, 5.74) is 0.481. The Labute approximate surface area is 146 Å². The Hall–Kier alpha value is -1.80. The van der Waals surface area contributed by atoms with Gasteiger partial charge < -0.3 is 14.3 Å². The third kappa shape index (κ3) is 4.43. The van der Waals surface area contributed by atoms with Gasteiger partial charge in [0.1, 0.15) is 18.2 Å². The van der Waals surface area contributed by atoms with E-state index < -0.39 is 24.5 Å². The summed E-state index contributed by atoms with van der Waals surface area (Å²) < 4.78 is 11.4. The van der Waals surface area contributed by atoms with E-state index in [1.54, 1.807) is 24.3 Å². The summed E-state index contributed by atoms with van der Waals surface area (Å²) in [5, 5.41) is 1.27. The molecule has 0 amide bonds. The maximum atomic E-state index is 12.4. The Bertz CT molecular complexity index is 580. The monoisotopic (exact) mass is 349 g/mol. The van der Waals surface area contributed by atoms with E-state index in [9.17, 15) is 9.59 Å². The summed E-state index contributed by atoms with van der Waals surface area (Å²) in [7, 11) is 0. The van der Waals surface area contributed by atoms with Gasteiger partial charge in [-0.2, -0.15) is 0 Å². The van der Waals surface area contributed by atoms with E-state index in [4.69, 9.17) is 19.1 Å². The van der Waals surface area contributed by atoms with Crippen molar-refractivity contribution in [2.45, 2.75) is 57.1 Å². The van der Waals surface area contributed by atoms with Crippen molar-refractivity contribution in [1.82, 2.24) is 5.23 Å². The van der Waals surface area contributed by atoms with Crippen LogP contribution in [0.5, 0.6) is 0 Å². The molecular weight excluding hydrogens is 326 g/mol. The molecular formula is C18H23NO6. The van der Waals surface area contributed by atoms with E-state index in [0.717, 1.165) is 19.1 Å². The van der Waals surface area contributed by atoms with Gasteiger partial charge in [0, 0.05) is 19.4 Å². The largest absolute Gasteiger partial charge is 0.457 e. The van der Waals surface area contributed by atoms with Gasteiger partial charge in [-0.3, -0.25) is 4.84 Å². The topological polar surface area (TPSA) is 74.3 Å². The number of carbonyl (C=O) groups excluding carboxylic acids is 2. The fraction of sp³-hybridized carbons (Fsp3) is 0.556. The van der Waals surface area contributed by atoms with Crippen LogP contribution in [0, 0.1) is 0 Å². The van der Waals surface area contributed by atoms with E-state index in [1.165, 1.54) is 5.23 Å². The first-order chi connectivity index (χ1) is 12.2. The second-order valence-corrected chi connectivity index (χ2v) is 6.17. The van der Waals surface area contributed by atoms with Crippen LogP contribution in [0.2, 0.25) is 0 Å². The number of unbranched alkanes of at least 4 members (excludes halogenated alkanes) is 1. The first kappa shape index (κ1) is 18.0. The van der Waals surface area contributed by atoms with Gasteiger partial charge in [0.05, 0.1) is 5.56 Å². The molecule has 7 heteroatoms. The minimum Gasteiger partial charge on any atom is -0.457 e. The van der Waals surface area contributed by atoms with E-state index >= 15 is 0 Å². The summed E-state index contributed by atoms with van der Waals surface area (Å²) in [6.07, 6.45) is 1.82. The number of esters is 1. The maximum Gasteiger partial charge on any atom is 0.338 e. The molecule has 4 atom stereocenters. The van der Waals surface area contributed by atoms with Crippen molar-refractivity contribution in [2.75, 3.05) is 6.61 Å². The van der Waals surface area contributed by atoms with Crippen molar-refractivity contribution < 1.29 is 28.7 Å². The van der Waals surface area contributed by atoms with Crippen molar-refractivity contribution in [3.05, 3.63) is 35.9 Å². The van der Waals surface area contributed by atoms with Crippen LogP contribution in [0.3, 0.4) is 0 Å². The van der Waals surface area contributed by atoms with E-state index in [-0.39, 0.29) is 6.04 Å². The number of hydrogen-bond donors (Lipinski definition) is 0. The minimum absolute atomic E-state index is 0.325. The molecule has 7 nitrogen and oxygen atoms in total. The highest BCUT2D eigenvalue weighted by Gasteiger charge is 2.47. The first-order valence-corrected chi connectivity index (χ1v) is 8.67. The number of fused-ring (bicyclic) bond motifs is 1. The Morgan fingerprint density at radius 3 is 2.80 bits per heavy atom. The fourth-order valence-corrected chi connectivity index (χ4v) is 2.92. The van der Waals surface area contributed by atoms with Gasteiger partial charge in [-0.25, -0.2) is 9.63 Å². The second kappa shape index (κ2) is 8.53. The number of benzene rings is 1. The number of rotatable bonds is 7. The van der Waals surface area contributed by atoms with Crippen molar-refractivity contribution in [3.63, 3.8) is 0 Å². The van der Waals surface area contributed by atoms with Crippen LogP contribution in [0.15, 0.2) is 30.3 Å². The van der Waals surface area contributed by atoms with Crippen LogP contribution in [0.4, 0.5) is 0 Å². The SMILES string of the molecule is CCCCO[C@@H]1C[C@H](OC(=O)c2ccccc2)[C@H]2C[C@H](C=O)ON2O1. The molecule has 1 aromatic rings. The van der Waals surface area contributed by atoms with E-state index in [0.29, 0.717) is 25.0 Å². The number of aldehydes is 1. The molecule has 0 radical (unpaired) electrons. The van der Waals surface area contributed by atoms with Crippen molar-refractivity contribution in [2.24, 2.45) is 0 Å². The lowest BCUT2D eigenvalue weighted by molar-refractivity contribution is -0.441. The minimum atomic E-state index is -0.600. The average Bonchev–Trinajstić information content (AvgIpc) is 3.06. The van der Waals surface area contributed by atoms with Crippen molar-refractivity contribution >= 4 is 12.3 Å². The molecule has 0 aromatic heterocycles.